The molecule has 0 aliphatic heterocycles. The zero-order chi connectivity index (χ0) is 17.4. The average molecular weight is 333 g/mol. The van der Waals surface area contributed by atoms with E-state index < -0.39 is 0 Å². The number of rotatable bonds is 9. The number of amides is 1. The minimum Gasteiger partial charge on any atom is -0.496 e. The van der Waals surface area contributed by atoms with Crippen LogP contribution >= 0.6 is 0 Å². The molecule has 0 saturated carbocycles. The first-order valence-corrected chi connectivity index (χ1v) is 8.15. The van der Waals surface area contributed by atoms with Gasteiger partial charge in [0.1, 0.15) is 12.3 Å². The van der Waals surface area contributed by atoms with Crippen molar-refractivity contribution in [1.82, 2.24) is 5.32 Å². The van der Waals surface area contributed by atoms with Gasteiger partial charge in [0.15, 0.2) is 18.3 Å². The third-order valence-corrected chi connectivity index (χ3v) is 3.98. The normalized spacial score (nSPS) is 12.2. The summed E-state index contributed by atoms with van der Waals surface area (Å²) in [7, 11) is 5.80. The number of likely N-dealkylation sites (N-methyl/N-ethyl adjacent to an activating group) is 1. The van der Waals surface area contributed by atoms with Crippen LogP contribution in [0.3, 0.4) is 0 Å². The Kier molecular flexibility index (Phi) is 6.84. The van der Waals surface area contributed by atoms with Gasteiger partial charge in [-0.25, -0.2) is 0 Å². The molecule has 0 aliphatic carbocycles. The van der Waals surface area contributed by atoms with Crippen molar-refractivity contribution in [3.8, 4) is 5.75 Å². The summed E-state index contributed by atoms with van der Waals surface area (Å²) in [6, 6.07) is 11.8. The number of hydrogen-bond acceptors (Lipinski definition) is 3. The van der Waals surface area contributed by atoms with Crippen LogP contribution in [0.15, 0.2) is 47.1 Å². The van der Waals surface area contributed by atoms with Gasteiger partial charge in [0.05, 0.1) is 27.5 Å². The number of nitrogens with two attached hydrogens (primary N) is 1. The zero-order valence-corrected chi connectivity index (χ0v) is 14.5. The fourth-order valence-electron chi connectivity index (χ4n) is 2.62. The summed E-state index contributed by atoms with van der Waals surface area (Å²) < 4.78 is 10.8. The fourth-order valence-corrected chi connectivity index (χ4v) is 2.62. The number of methoxy groups -OCH3 is 1. The van der Waals surface area contributed by atoms with Gasteiger partial charge >= 0.3 is 0 Å². The molecule has 0 saturated heterocycles. The van der Waals surface area contributed by atoms with Gasteiger partial charge in [0.2, 0.25) is 0 Å². The Morgan fingerprint density at radius 2 is 2.08 bits per heavy atom. The molecule has 6 nitrogen and oxygen atoms in total. The van der Waals surface area contributed by atoms with Crippen molar-refractivity contribution < 1.29 is 24.2 Å². The maximum absolute atomic E-state index is 12.0. The highest BCUT2D eigenvalue weighted by molar-refractivity contribution is 5.76. The van der Waals surface area contributed by atoms with Crippen molar-refractivity contribution in [2.75, 3.05) is 34.3 Å². The van der Waals surface area contributed by atoms with Crippen LogP contribution in [0.1, 0.15) is 17.4 Å². The van der Waals surface area contributed by atoms with Gasteiger partial charge in [-0.2, -0.15) is 0 Å². The van der Waals surface area contributed by atoms with E-state index in [1.807, 2.05) is 41.7 Å². The van der Waals surface area contributed by atoms with Gasteiger partial charge in [-0.05, 0) is 18.2 Å². The molecule has 6 heteroatoms. The quantitative estimate of drug-likeness (QED) is 0.571. The molecular weight excluding hydrogens is 306 g/mol. The lowest BCUT2D eigenvalue weighted by Crippen LogP contribution is -3.09. The predicted octanol–water partition coefficient (Wildman–Crippen LogP) is -0.646. The molecule has 1 aromatic heterocycles. The second-order valence-electron chi connectivity index (χ2n) is 5.96. The van der Waals surface area contributed by atoms with E-state index in [4.69, 9.17) is 9.15 Å². The number of ether oxygens (including phenoxy) is 1. The van der Waals surface area contributed by atoms with Gasteiger partial charge in [0, 0.05) is 12.1 Å². The second-order valence-corrected chi connectivity index (χ2v) is 5.96. The molecule has 0 spiro atoms. The molecule has 24 heavy (non-hydrogen) atoms. The molecule has 1 amide bonds. The topological polar surface area (TPSA) is 72.5 Å². The lowest BCUT2D eigenvalue weighted by Gasteiger charge is -2.17. The van der Waals surface area contributed by atoms with E-state index in [1.165, 1.54) is 4.90 Å². The van der Waals surface area contributed by atoms with E-state index in [0.717, 1.165) is 23.6 Å². The van der Waals surface area contributed by atoms with Gasteiger partial charge in [-0.15, -0.1) is 0 Å². The lowest BCUT2D eigenvalue weighted by molar-refractivity contribution is -0.909. The molecule has 0 fully saturated rings. The Morgan fingerprint density at radius 3 is 2.75 bits per heavy atom. The Hall–Kier alpha value is -2.31. The highest BCUT2D eigenvalue weighted by atomic mass is 16.5. The molecule has 0 bridgehead atoms. The highest BCUT2D eigenvalue weighted by Gasteiger charge is 2.22. The average Bonchev–Trinajstić information content (AvgIpc) is 3.10. The number of carbonyl (C=O) groups is 1. The zero-order valence-electron chi connectivity index (χ0n) is 14.5. The molecule has 2 aromatic rings. The number of para-hydroxylation sites is 1. The number of hydrogen-bond donors (Lipinski definition) is 3. The van der Waals surface area contributed by atoms with Crippen LogP contribution in [-0.4, -0.2) is 40.2 Å². The molecule has 0 radical (unpaired) electrons. The molecule has 1 heterocycles. The first-order chi connectivity index (χ1) is 11.6. The van der Waals surface area contributed by atoms with E-state index in [9.17, 15) is 4.79 Å². The largest absolute Gasteiger partial charge is 0.496 e. The van der Waals surface area contributed by atoms with Crippen molar-refractivity contribution >= 4 is 5.91 Å². The summed E-state index contributed by atoms with van der Waals surface area (Å²) in [5.74, 6) is 1.74. The van der Waals surface area contributed by atoms with Crippen LogP contribution in [0.5, 0.6) is 5.75 Å². The smallest absolute Gasteiger partial charge is 0.275 e. The standard InChI is InChI=1S/C18H25N3O3/c1-21(2)15(17-9-6-10-24-17)12-19-13-18(22)20-11-14-7-4-5-8-16(14)23-3/h4-10,15,19H,11-13H2,1-3H3,(H,20,22)/p+2/t15-/m1/s1. The monoisotopic (exact) mass is 333 g/mol. The molecule has 4 N–H and O–H groups in total. The first-order valence-electron chi connectivity index (χ1n) is 8.15. The van der Waals surface area contributed by atoms with Gasteiger partial charge in [-0.1, -0.05) is 18.2 Å². The van der Waals surface area contributed by atoms with Crippen LogP contribution in [-0.2, 0) is 11.3 Å². The van der Waals surface area contributed by atoms with E-state index in [-0.39, 0.29) is 11.9 Å². The van der Waals surface area contributed by atoms with Crippen LogP contribution < -0.4 is 20.3 Å². The Morgan fingerprint density at radius 1 is 1.29 bits per heavy atom. The van der Waals surface area contributed by atoms with E-state index in [1.54, 1.807) is 13.4 Å². The summed E-state index contributed by atoms with van der Waals surface area (Å²) in [5, 5.41) is 4.94. The van der Waals surface area contributed by atoms with Crippen LogP contribution in [0.4, 0.5) is 0 Å². The number of nitrogens with one attached hydrogen (secondary N) is 2. The Labute approximate surface area is 142 Å². The SMILES string of the molecule is COc1ccccc1CNC(=O)C[NH2+]C[C@H](c1ccco1)[NH+](C)C. The summed E-state index contributed by atoms with van der Waals surface area (Å²) in [6.07, 6.45) is 1.69. The van der Waals surface area contributed by atoms with Crippen LogP contribution in [0.25, 0.3) is 0 Å². The Bertz CT molecular complexity index is 626. The van der Waals surface area contributed by atoms with E-state index >= 15 is 0 Å². The van der Waals surface area contributed by atoms with Crippen molar-refractivity contribution in [1.29, 1.82) is 0 Å². The van der Waals surface area contributed by atoms with Crippen LogP contribution in [0, 0.1) is 0 Å². The summed E-state index contributed by atoms with van der Waals surface area (Å²) in [4.78, 5) is 13.3. The maximum Gasteiger partial charge on any atom is 0.275 e. The van der Waals surface area contributed by atoms with Gasteiger partial charge in [-0.3, -0.25) is 4.79 Å². The number of furan rings is 1. The highest BCUT2D eigenvalue weighted by Crippen LogP contribution is 2.16. The van der Waals surface area contributed by atoms with Gasteiger partial charge in [0.25, 0.3) is 5.91 Å². The van der Waals surface area contributed by atoms with Crippen molar-refractivity contribution in [2.45, 2.75) is 12.6 Å². The molecule has 0 aliphatic rings. The number of carbonyl (C=O) groups excluding carboxylic acids is 1. The molecule has 0 unspecified atom stereocenters. The first kappa shape index (κ1) is 18.0. The Balaban J connectivity index is 1.76. The van der Waals surface area contributed by atoms with Gasteiger partial charge < -0.3 is 24.7 Å². The predicted molar refractivity (Wildman–Crippen MR) is 90.8 cm³/mol. The molecular formula is C18H27N3O3+2. The minimum atomic E-state index is 0.00728. The molecule has 130 valence electrons. The molecule has 2 rings (SSSR count). The van der Waals surface area contributed by atoms with Crippen molar-refractivity contribution in [3.63, 3.8) is 0 Å². The fraction of sp³-hybridized carbons (Fsp3) is 0.389. The maximum atomic E-state index is 12.0. The van der Waals surface area contributed by atoms with E-state index in [2.05, 4.69) is 19.4 Å². The second kappa shape index (κ2) is 9.10. The van der Waals surface area contributed by atoms with Crippen LogP contribution in [0.2, 0.25) is 0 Å². The molecule has 1 atom stereocenters. The minimum absolute atomic E-state index is 0.00728. The van der Waals surface area contributed by atoms with Crippen molar-refractivity contribution in [2.24, 2.45) is 0 Å². The van der Waals surface area contributed by atoms with Crippen molar-refractivity contribution in [3.05, 3.63) is 54.0 Å². The summed E-state index contributed by atoms with van der Waals surface area (Å²) in [6.45, 7) is 1.65. The third-order valence-electron chi connectivity index (χ3n) is 3.98. The molecule has 1 aromatic carbocycles. The van der Waals surface area contributed by atoms with E-state index in [0.29, 0.717) is 13.1 Å². The lowest BCUT2D eigenvalue weighted by atomic mass is 10.2. The summed E-state index contributed by atoms with van der Waals surface area (Å²) >= 11 is 0. The number of benzene rings is 1. The number of quaternary nitrogens is 2. The third kappa shape index (κ3) is 5.11. The summed E-state index contributed by atoms with van der Waals surface area (Å²) in [5.41, 5.74) is 0.972.